The molecule has 0 radical (unpaired) electrons. The lowest BCUT2D eigenvalue weighted by Gasteiger charge is -2.27. The average Bonchev–Trinajstić information content (AvgIpc) is 3.21. The predicted molar refractivity (Wildman–Crippen MR) is 141 cm³/mol. The maximum Gasteiger partial charge on any atom is 0.0540 e. The van der Waals surface area contributed by atoms with E-state index in [2.05, 4.69) is 132 Å². The van der Waals surface area contributed by atoms with E-state index < -0.39 is 0 Å². The summed E-state index contributed by atoms with van der Waals surface area (Å²) in [5, 5.41) is 5.12. The number of nitrogens with zero attached hydrogens (tertiary/aromatic N) is 1. The fourth-order valence-electron chi connectivity index (χ4n) is 5.31. The monoisotopic (exact) mass is 419 g/mol. The Bertz CT molecular complexity index is 1630. The Morgan fingerprint density at radius 1 is 0.394 bits per heavy atom. The molecule has 0 bridgehead atoms. The number of fused-ring (bicyclic) bond motifs is 4. The van der Waals surface area contributed by atoms with Crippen LogP contribution >= 0.6 is 0 Å². The minimum atomic E-state index is 1.16. The fourth-order valence-corrected chi connectivity index (χ4v) is 5.31. The van der Waals surface area contributed by atoms with Crippen LogP contribution in [0.5, 0.6) is 0 Å². The van der Waals surface area contributed by atoms with Gasteiger partial charge in [-0.15, -0.1) is 0 Å². The van der Waals surface area contributed by atoms with Crippen LogP contribution in [0.1, 0.15) is 0 Å². The van der Waals surface area contributed by atoms with E-state index in [1.807, 2.05) is 0 Å². The maximum atomic E-state index is 2.39. The number of rotatable bonds is 3. The lowest BCUT2D eigenvalue weighted by atomic mass is 10.00. The molecule has 154 valence electrons. The Morgan fingerprint density at radius 2 is 1.06 bits per heavy atom. The Kier molecular flexibility index (Phi) is 3.91. The largest absolute Gasteiger partial charge is 0.310 e. The van der Waals surface area contributed by atoms with Crippen LogP contribution in [0, 0.1) is 0 Å². The zero-order valence-corrected chi connectivity index (χ0v) is 18.1. The van der Waals surface area contributed by atoms with Gasteiger partial charge in [0.25, 0.3) is 0 Å². The number of hydrogen-bond donors (Lipinski definition) is 0. The topological polar surface area (TPSA) is 3.24 Å². The summed E-state index contributed by atoms with van der Waals surface area (Å²) in [5.41, 5.74) is 8.82. The van der Waals surface area contributed by atoms with Crippen molar-refractivity contribution in [3.8, 4) is 22.3 Å². The molecular formula is C32H21N. The summed E-state index contributed by atoms with van der Waals surface area (Å²) in [4.78, 5) is 2.39. The molecule has 0 fully saturated rings. The molecular weight excluding hydrogens is 398 g/mol. The normalized spacial score (nSPS) is 11.6. The van der Waals surface area contributed by atoms with Crippen LogP contribution in [0.4, 0.5) is 17.1 Å². The van der Waals surface area contributed by atoms with E-state index in [9.17, 15) is 0 Å². The summed E-state index contributed by atoms with van der Waals surface area (Å²) >= 11 is 0. The van der Waals surface area contributed by atoms with Gasteiger partial charge in [0.1, 0.15) is 0 Å². The molecule has 0 atom stereocenters. The summed E-state index contributed by atoms with van der Waals surface area (Å²) in [6, 6.07) is 46.0. The second kappa shape index (κ2) is 7.08. The van der Waals surface area contributed by atoms with Crippen molar-refractivity contribution in [2.24, 2.45) is 0 Å². The molecule has 0 saturated heterocycles. The van der Waals surface area contributed by atoms with Gasteiger partial charge in [-0.1, -0.05) is 97.1 Å². The summed E-state index contributed by atoms with van der Waals surface area (Å²) in [6.07, 6.45) is 0. The van der Waals surface area contributed by atoms with E-state index in [-0.39, 0.29) is 0 Å². The minimum Gasteiger partial charge on any atom is -0.310 e. The Balaban J connectivity index is 1.52. The molecule has 0 saturated carbocycles. The van der Waals surface area contributed by atoms with Gasteiger partial charge >= 0.3 is 0 Å². The van der Waals surface area contributed by atoms with Crippen molar-refractivity contribution in [2.45, 2.75) is 0 Å². The van der Waals surface area contributed by atoms with Crippen molar-refractivity contribution < 1.29 is 0 Å². The lowest BCUT2D eigenvalue weighted by Crippen LogP contribution is -2.10. The Morgan fingerprint density at radius 3 is 1.88 bits per heavy atom. The zero-order valence-electron chi connectivity index (χ0n) is 18.1. The van der Waals surface area contributed by atoms with Crippen molar-refractivity contribution in [1.29, 1.82) is 0 Å². The third kappa shape index (κ3) is 2.73. The predicted octanol–water partition coefficient (Wildman–Crippen LogP) is 9.11. The molecule has 0 unspecified atom stereocenters. The first kappa shape index (κ1) is 18.2. The first-order valence-electron chi connectivity index (χ1n) is 11.4. The molecule has 1 aliphatic rings. The molecule has 0 amide bonds. The fraction of sp³-hybridized carbons (Fsp3) is 0. The van der Waals surface area contributed by atoms with Gasteiger partial charge in [-0.25, -0.2) is 0 Å². The third-order valence-corrected chi connectivity index (χ3v) is 6.77. The van der Waals surface area contributed by atoms with Crippen molar-refractivity contribution >= 4 is 38.6 Å². The first-order valence-corrected chi connectivity index (χ1v) is 11.4. The second-order valence-corrected chi connectivity index (χ2v) is 8.61. The van der Waals surface area contributed by atoms with Gasteiger partial charge in [0.05, 0.1) is 5.69 Å². The number of anilines is 3. The van der Waals surface area contributed by atoms with Crippen molar-refractivity contribution in [2.75, 3.05) is 4.90 Å². The van der Waals surface area contributed by atoms with E-state index in [1.165, 1.54) is 49.5 Å². The van der Waals surface area contributed by atoms with E-state index in [1.54, 1.807) is 0 Å². The molecule has 6 aromatic carbocycles. The van der Waals surface area contributed by atoms with Gasteiger partial charge in [-0.05, 0) is 68.7 Å². The molecule has 7 rings (SSSR count). The van der Waals surface area contributed by atoms with Gasteiger partial charge in [-0.2, -0.15) is 0 Å². The molecule has 0 N–H and O–H groups in total. The maximum absolute atomic E-state index is 2.39. The Labute approximate surface area is 193 Å². The quantitative estimate of drug-likeness (QED) is 0.276. The minimum absolute atomic E-state index is 1.16. The highest BCUT2D eigenvalue weighted by Gasteiger charge is 2.24. The van der Waals surface area contributed by atoms with Crippen LogP contribution in [0.3, 0.4) is 0 Å². The van der Waals surface area contributed by atoms with Crippen LogP contribution < -0.4 is 4.90 Å². The SMILES string of the molecule is c1ccc(N(c2ccc3ccccc3c2)c2ccc3c4c(cccc24)-c2ccccc2-3)cc1. The molecule has 33 heavy (non-hydrogen) atoms. The molecule has 0 aromatic heterocycles. The highest BCUT2D eigenvalue weighted by molar-refractivity contribution is 6.19. The molecule has 1 nitrogen and oxygen atoms in total. The van der Waals surface area contributed by atoms with Crippen LogP contribution in [0.25, 0.3) is 43.8 Å². The van der Waals surface area contributed by atoms with Crippen LogP contribution in [-0.2, 0) is 0 Å². The molecule has 1 heteroatoms. The lowest BCUT2D eigenvalue weighted by molar-refractivity contribution is 1.30. The first-order chi connectivity index (χ1) is 16.4. The molecule has 0 spiro atoms. The van der Waals surface area contributed by atoms with Crippen molar-refractivity contribution in [3.05, 3.63) is 127 Å². The van der Waals surface area contributed by atoms with Gasteiger partial charge in [0, 0.05) is 16.8 Å². The van der Waals surface area contributed by atoms with Crippen molar-refractivity contribution in [3.63, 3.8) is 0 Å². The standard InChI is InChI=1S/C32H21N/c1-2-11-24(12-3-1)33(25-18-17-22-9-4-5-10-23(22)21-25)31-20-19-29-27-14-7-6-13-26(27)28-15-8-16-30(31)32(28)29/h1-21H. The van der Waals surface area contributed by atoms with Gasteiger partial charge in [0.15, 0.2) is 0 Å². The smallest absolute Gasteiger partial charge is 0.0540 e. The van der Waals surface area contributed by atoms with E-state index in [4.69, 9.17) is 0 Å². The summed E-state index contributed by atoms with van der Waals surface area (Å²) in [6.45, 7) is 0. The highest BCUT2D eigenvalue weighted by Crippen LogP contribution is 2.50. The number of para-hydroxylation sites is 1. The van der Waals surface area contributed by atoms with Gasteiger partial charge in [0.2, 0.25) is 0 Å². The summed E-state index contributed by atoms with van der Waals surface area (Å²) in [5.74, 6) is 0. The van der Waals surface area contributed by atoms with E-state index in [0.29, 0.717) is 0 Å². The molecule has 0 heterocycles. The van der Waals surface area contributed by atoms with Crippen molar-refractivity contribution in [1.82, 2.24) is 0 Å². The third-order valence-electron chi connectivity index (χ3n) is 6.77. The second-order valence-electron chi connectivity index (χ2n) is 8.61. The van der Waals surface area contributed by atoms with E-state index in [0.717, 1.165) is 11.4 Å². The summed E-state index contributed by atoms with van der Waals surface area (Å²) in [7, 11) is 0. The average molecular weight is 420 g/mol. The Hall–Kier alpha value is -4.36. The van der Waals surface area contributed by atoms with Gasteiger partial charge in [-0.3, -0.25) is 0 Å². The molecule has 6 aromatic rings. The molecule has 1 aliphatic carbocycles. The van der Waals surface area contributed by atoms with Crippen LogP contribution in [0.15, 0.2) is 127 Å². The molecule has 0 aliphatic heterocycles. The number of hydrogen-bond acceptors (Lipinski definition) is 1. The highest BCUT2D eigenvalue weighted by atomic mass is 15.1. The van der Waals surface area contributed by atoms with Gasteiger partial charge < -0.3 is 4.90 Å². The van der Waals surface area contributed by atoms with Crippen LogP contribution in [-0.4, -0.2) is 0 Å². The number of benzene rings is 6. The summed E-state index contributed by atoms with van der Waals surface area (Å²) < 4.78 is 0. The van der Waals surface area contributed by atoms with Crippen LogP contribution in [0.2, 0.25) is 0 Å². The van der Waals surface area contributed by atoms with E-state index >= 15 is 0 Å². The zero-order chi connectivity index (χ0) is 21.8.